The maximum Gasteiger partial charge on any atom is 0.416 e. The van der Waals surface area contributed by atoms with Crippen LogP contribution < -0.4 is 5.32 Å². The second kappa shape index (κ2) is 6.60. The topological polar surface area (TPSA) is 12.0 Å². The number of rotatable bonds is 1. The molecule has 2 aromatic carbocycles. The smallest absolute Gasteiger partial charge is 0.312 e. The van der Waals surface area contributed by atoms with Crippen molar-refractivity contribution in [1.29, 1.82) is 0 Å². The van der Waals surface area contributed by atoms with E-state index < -0.39 is 11.7 Å². The fourth-order valence-corrected chi connectivity index (χ4v) is 3.15. The van der Waals surface area contributed by atoms with Gasteiger partial charge in [0.15, 0.2) is 0 Å². The quantitative estimate of drug-likeness (QED) is 0.703. The van der Waals surface area contributed by atoms with Crippen molar-refractivity contribution in [2.24, 2.45) is 0 Å². The van der Waals surface area contributed by atoms with E-state index in [2.05, 4.69) is 21.2 Å². The number of hydrogen-bond acceptors (Lipinski definition) is 1. The van der Waals surface area contributed by atoms with Gasteiger partial charge in [0.2, 0.25) is 0 Å². The lowest BCUT2D eigenvalue weighted by molar-refractivity contribution is -0.137. The number of halogens is 5. The van der Waals surface area contributed by atoms with Crippen LogP contribution in [0.15, 0.2) is 40.9 Å². The third-order valence-electron chi connectivity index (χ3n) is 3.72. The lowest BCUT2D eigenvalue weighted by Gasteiger charge is -2.21. The van der Waals surface area contributed by atoms with Gasteiger partial charge in [0, 0.05) is 11.0 Å². The monoisotopic (exact) mass is 391 g/mol. The summed E-state index contributed by atoms with van der Waals surface area (Å²) in [6, 6.07) is 9.61. The molecule has 0 amide bonds. The van der Waals surface area contributed by atoms with Gasteiger partial charge < -0.3 is 5.32 Å². The van der Waals surface area contributed by atoms with Gasteiger partial charge in [-0.1, -0.05) is 34.1 Å². The van der Waals surface area contributed by atoms with Crippen LogP contribution in [0.2, 0.25) is 0 Å². The number of alkyl halides is 3. The van der Waals surface area contributed by atoms with E-state index in [-0.39, 0.29) is 12.4 Å². The molecule has 1 nitrogen and oxygen atoms in total. The summed E-state index contributed by atoms with van der Waals surface area (Å²) in [7, 11) is 0. The first-order chi connectivity index (χ1) is 9.97. The first kappa shape index (κ1) is 17.3. The summed E-state index contributed by atoms with van der Waals surface area (Å²) in [5.74, 6) is 0. The Morgan fingerprint density at radius 1 is 1.05 bits per heavy atom. The van der Waals surface area contributed by atoms with Gasteiger partial charge >= 0.3 is 6.18 Å². The largest absolute Gasteiger partial charge is 0.416 e. The van der Waals surface area contributed by atoms with Crippen LogP contribution in [0.4, 0.5) is 13.2 Å². The van der Waals surface area contributed by atoms with Gasteiger partial charge in [-0.3, -0.25) is 0 Å². The Hall–Kier alpha value is -1.04. The maximum atomic E-state index is 12.9. The van der Waals surface area contributed by atoms with Gasteiger partial charge in [-0.15, -0.1) is 12.4 Å². The van der Waals surface area contributed by atoms with Crippen LogP contribution in [0.3, 0.4) is 0 Å². The Kier molecular flexibility index (Phi) is 5.20. The zero-order valence-corrected chi connectivity index (χ0v) is 13.9. The molecule has 6 heteroatoms. The van der Waals surface area contributed by atoms with E-state index >= 15 is 0 Å². The Bertz CT molecular complexity index is 686. The van der Waals surface area contributed by atoms with Gasteiger partial charge in [0.1, 0.15) is 0 Å². The number of benzene rings is 2. The third-order valence-corrected chi connectivity index (χ3v) is 4.42. The van der Waals surface area contributed by atoms with E-state index in [1.54, 1.807) is 0 Å². The lowest BCUT2D eigenvalue weighted by Crippen LogP contribution is -2.24. The fourth-order valence-electron chi connectivity index (χ4n) is 2.69. The molecule has 1 aliphatic rings. The van der Waals surface area contributed by atoms with Crippen molar-refractivity contribution in [3.63, 3.8) is 0 Å². The van der Waals surface area contributed by atoms with E-state index in [4.69, 9.17) is 0 Å². The van der Waals surface area contributed by atoms with Crippen molar-refractivity contribution in [2.75, 3.05) is 6.54 Å². The molecule has 0 atom stereocenters. The molecule has 22 heavy (non-hydrogen) atoms. The zero-order valence-electron chi connectivity index (χ0n) is 11.5. The third kappa shape index (κ3) is 3.31. The van der Waals surface area contributed by atoms with Crippen molar-refractivity contribution in [2.45, 2.75) is 19.1 Å². The molecule has 0 unspecified atom stereocenters. The molecule has 0 spiro atoms. The van der Waals surface area contributed by atoms with Crippen LogP contribution in [-0.4, -0.2) is 6.54 Å². The summed E-state index contributed by atoms with van der Waals surface area (Å²) in [5, 5.41) is 3.28. The number of hydrogen-bond donors (Lipinski definition) is 1. The van der Waals surface area contributed by atoms with Gasteiger partial charge in [0.05, 0.1) is 5.56 Å². The van der Waals surface area contributed by atoms with Gasteiger partial charge in [-0.25, -0.2) is 0 Å². The first-order valence-corrected chi connectivity index (χ1v) is 7.45. The average Bonchev–Trinajstić information content (AvgIpc) is 2.46. The van der Waals surface area contributed by atoms with Crippen molar-refractivity contribution < 1.29 is 13.2 Å². The SMILES string of the molecule is Cl.FC(F)(F)c1ccc(Br)c(-c2cccc3c2CCNC3)c1. The van der Waals surface area contributed by atoms with Crippen LogP contribution in [0, 0.1) is 0 Å². The predicted molar refractivity (Wildman–Crippen MR) is 87.2 cm³/mol. The van der Waals surface area contributed by atoms with Crippen molar-refractivity contribution >= 4 is 28.3 Å². The summed E-state index contributed by atoms with van der Waals surface area (Å²) < 4.78 is 39.5. The Labute approximate surface area is 141 Å². The Balaban J connectivity index is 0.00000176. The van der Waals surface area contributed by atoms with Crippen LogP contribution in [0.5, 0.6) is 0 Å². The molecular weight excluding hydrogens is 379 g/mol. The summed E-state index contributed by atoms with van der Waals surface area (Å²) in [5.41, 5.74) is 3.15. The average molecular weight is 393 g/mol. The number of fused-ring (bicyclic) bond motifs is 1. The predicted octanol–water partition coefficient (Wildman–Crippen LogP) is 5.20. The Morgan fingerprint density at radius 3 is 2.55 bits per heavy atom. The minimum absolute atomic E-state index is 0. The molecule has 0 saturated carbocycles. The molecule has 1 heterocycles. The molecule has 3 rings (SSSR count). The van der Waals surface area contributed by atoms with Crippen LogP contribution in [0.25, 0.3) is 11.1 Å². The second-order valence-electron chi connectivity index (χ2n) is 5.06. The zero-order chi connectivity index (χ0) is 15.0. The first-order valence-electron chi connectivity index (χ1n) is 6.65. The molecule has 0 aliphatic carbocycles. The highest BCUT2D eigenvalue weighted by atomic mass is 79.9. The summed E-state index contributed by atoms with van der Waals surface area (Å²) in [6.07, 6.45) is -3.50. The van der Waals surface area contributed by atoms with Crippen molar-refractivity contribution in [3.8, 4) is 11.1 Å². The molecule has 0 aromatic heterocycles. The minimum atomic E-state index is -4.33. The maximum absolute atomic E-state index is 12.9. The van der Waals surface area contributed by atoms with E-state index in [0.29, 0.717) is 10.0 Å². The van der Waals surface area contributed by atoms with Crippen LogP contribution in [0.1, 0.15) is 16.7 Å². The van der Waals surface area contributed by atoms with E-state index in [1.165, 1.54) is 12.1 Å². The summed E-state index contributed by atoms with van der Waals surface area (Å²) in [6.45, 7) is 1.61. The van der Waals surface area contributed by atoms with Crippen LogP contribution in [-0.2, 0) is 19.1 Å². The van der Waals surface area contributed by atoms with E-state index in [9.17, 15) is 13.2 Å². The summed E-state index contributed by atoms with van der Waals surface area (Å²) in [4.78, 5) is 0. The van der Waals surface area contributed by atoms with Gasteiger partial charge in [-0.2, -0.15) is 13.2 Å². The molecular formula is C16H14BrClF3N. The lowest BCUT2D eigenvalue weighted by atomic mass is 9.91. The van der Waals surface area contributed by atoms with Crippen molar-refractivity contribution in [1.82, 2.24) is 5.32 Å². The molecule has 118 valence electrons. The van der Waals surface area contributed by atoms with E-state index in [1.807, 2.05) is 18.2 Å². The summed E-state index contributed by atoms with van der Waals surface area (Å²) >= 11 is 3.38. The minimum Gasteiger partial charge on any atom is -0.312 e. The molecule has 0 radical (unpaired) electrons. The molecule has 0 saturated heterocycles. The molecule has 1 N–H and O–H groups in total. The number of nitrogens with one attached hydrogen (secondary N) is 1. The fraction of sp³-hybridized carbons (Fsp3) is 0.250. The molecule has 0 fully saturated rings. The molecule has 1 aliphatic heterocycles. The van der Waals surface area contributed by atoms with E-state index in [0.717, 1.165) is 42.3 Å². The molecule has 0 bridgehead atoms. The second-order valence-corrected chi connectivity index (χ2v) is 5.92. The van der Waals surface area contributed by atoms with Crippen LogP contribution >= 0.6 is 28.3 Å². The highest BCUT2D eigenvalue weighted by Gasteiger charge is 2.31. The van der Waals surface area contributed by atoms with Crippen molar-refractivity contribution in [3.05, 3.63) is 57.6 Å². The standard InChI is InChI=1S/C16H13BrF3N.ClH/c17-15-5-4-11(16(18,19)20)8-14(15)13-3-1-2-10-9-21-7-6-12(10)13;/h1-5,8,21H,6-7,9H2;1H. The highest BCUT2D eigenvalue weighted by molar-refractivity contribution is 9.10. The highest BCUT2D eigenvalue weighted by Crippen LogP contribution is 2.38. The molecule has 2 aromatic rings. The normalized spacial score (nSPS) is 14.2. The van der Waals surface area contributed by atoms with Gasteiger partial charge in [0.25, 0.3) is 0 Å². The Morgan fingerprint density at radius 2 is 1.82 bits per heavy atom. The van der Waals surface area contributed by atoms with Gasteiger partial charge in [-0.05, 0) is 53.4 Å².